The number of likely N-dealkylation sites (N-methyl/N-ethyl adjacent to an activating group) is 1. The van der Waals surface area contributed by atoms with Gasteiger partial charge in [0.25, 0.3) is 0 Å². The lowest BCUT2D eigenvalue weighted by atomic mass is 10.1. The predicted molar refractivity (Wildman–Crippen MR) is 113 cm³/mol. The molecular formula is C22H20F2N6O. The number of aromatic amines is 1. The first-order valence-corrected chi connectivity index (χ1v) is 9.95. The summed E-state index contributed by atoms with van der Waals surface area (Å²) >= 11 is 0. The van der Waals surface area contributed by atoms with Gasteiger partial charge in [-0.25, -0.2) is 13.8 Å². The van der Waals surface area contributed by atoms with Crippen LogP contribution in [0.15, 0.2) is 48.7 Å². The van der Waals surface area contributed by atoms with Gasteiger partial charge in [0.05, 0.1) is 5.39 Å². The maximum atomic E-state index is 13.8. The third kappa shape index (κ3) is 3.91. The number of hydrogen-bond acceptors (Lipinski definition) is 6. The van der Waals surface area contributed by atoms with Crippen molar-refractivity contribution in [2.24, 2.45) is 0 Å². The number of benzene rings is 2. The van der Waals surface area contributed by atoms with Crippen molar-refractivity contribution in [1.82, 2.24) is 25.1 Å². The summed E-state index contributed by atoms with van der Waals surface area (Å²) in [4.78, 5) is 13.1. The Bertz CT molecular complexity index is 1220. The van der Waals surface area contributed by atoms with Gasteiger partial charge in [-0.2, -0.15) is 10.1 Å². The maximum absolute atomic E-state index is 13.8. The van der Waals surface area contributed by atoms with Crippen LogP contribution in [0.5, 0.6) is 11.8 Å². The van der Waals surface area contributed by atoms with Gasteiger partial charge >= 0.3 is 6.01 Å². The molecule has 0 aliphatic carbocycles. The fourth-order valence-corrected chi connectivity index (χ4v) is 3.61. The van der Waals surface area contributed by atoms with Crippen molar-refractivity contribution >= 4 is 16.7 Å². The topological polar surface area (TPSA) is 70.2 Å². The summed E-state index contributed by atoms with van der Waals surface area (Å²) in [7, 11) is 2.14. The highest BCUT2D eigenvalue weighted by Gasteiger charge is 2.16. The van der Waals surface area contributed by atoms with E-state index in [1.165, 1.54) is 11.8 Å². The van der Waals surface area contributed by atoms with Crippen LogP contribution in [-0.4, -0.2) is 58.3 Å². The molecular weight excluding hydrogens is 402 g/mol. The smallest absolute Gasteiger partial charge is 0.324 e. The van der Waals surface area contributed by atoms with Gasteiger partial charge < -0.3 is 14.5 Å². The Balaban J connectivity index is 1.37. The van der Waals surface area contributed by atoms with Gasteiger partial charge in [-0.05, 0) is 31.3 Å². The third-order valence-electron chi connectivity index (χ3n) is 5.40. The molecule has 0 bridgehead atoms. The van der Waals surface area contributed by atoms with Gasteiger partial charge in [-0.1, -0.05) is 12.1 Å². The first-order valence-electron chi connectivity index (χ1n) is 9.95. The van der Waals surface area contributed by atoms with Gasteiger partial charge in [0, 0.05) is 49.7 Å². The first-order chi connectivity index (χ1) is 15.1. The van der Waals surface area contributed by atoms with Crippen LogP contribution in [-0.2, 0) is 0 Å². The molecule has 0 spiro atoms. The second kappa shape index (κ2) is 7.92. The second-order valence-electron chi connectivity index (χ2n) is 7.50. The van der Waals surface area contributed by atoms with Crippen molar-refractivity contribution in [3.63, 3.8) is 0 Å². The molecule has 1 N–H and O–H groups in total. The number of nitrogens with one attached hydrogen (secondary N) is 1. The molecule has 2 aromatic heterocycles. The predicted octanol–water partition coefficient (Wildman–Crippen LogP) is 3.84. The van der Waals surface area contributed by atoms with Crippen molar-refractivity contribution in [2.75, 3.05) is 38.1 Å². The fourth-order valence-electron chi connectivity index (χ4n) is 3.61. The Hall–Kier alpha value is -3.59. The average molecular weight is 422 g/mol. The van der Waals surface area contributed by atoms with E-state index in [2.05, 4.69) is 49.1 Å². The molecule has 2 aromatic carbocycles. The molecule has 158 valence electrons. The minimum absolute atomic E-state index is 0.0568. The normalized spacial score (nSPS) is 14.9. The summed E-state index contributed by atoms with van der Waals surface area (Å²) in [5.41, 5.74) is 3.31. The summed E-state index contributed by atoms with van der Waals surface area (Å²) in [6, 6.07) is 11.2. The van der Waals surface area contributed by atoms with Crippen LogP contribution in [0.2, 0.25) is 0 Å². The molecule has 0 radical (unpaired) electrons. The monoisotopic (exact) mass is 422 g/mol. The standard InChI is InChI=1S/C22H20F2N6O/c1-29-8-10-30(11-9-29)16-5-2-14(3-6-16)20-17-13-25-22(26-21(17)28-27-20)31-19-7-4-15(23)12-18(19)24/h2-7,12-13H,8-11H2,1H3,(H,25,26,27,28). The Morgan fingerprint density at radius 3 is 2.52 bits per heavy atom. The molecule has 1 aliphatic rings. The minimum atomic E-state index is -0.825. The third-order valence-corrected chi connectivity index (χ3v) is 5.40. The van der Waals surface area contributed by atoms with Crippen molar-refractivity contribution in [1.29, 1.82) is 0 Å². The quantitative estimate of drug-likeness (QED) is 0.539. The van der Waals surface area contributed by atoms with E-state index in [1.807, 2.05) is 12.1 Å². The van der Waals surface area contributed by atoms with E-state index in [0.29, 0.717) is 5.65 Å². The number of nitrogens with zero attached hydrogens (tertiary/aromatic N) is 5. The number of halogens is 2. The van der Waals surface area contributed by atoms with Crippen LogP contribution in [0, 0.1) is 11.6 Å². The number of hydrogen-bond donors (Lipinski definition) is 1. The van der Waals surface area contributed by atoms with Crippen LogP contribution < -0.4 is 9.64 Å². The summed E-state index contributed by atoms with van der Waals surface area (Å²) in [5, 5.41) is 7.96. The van der Waals surface area contributed by atoms with Crippen molar-refractivity contribution < 1.29 is 13.5 Å². The number of rotatable bonds is 4. The Morgan fingerprint density at radius 2 is 1.77 bits per heavy atom. The highest BCUT2D eigenvalue weighted by atomic mass is 19.1. The van der Waals surface area contributed by atoms with Gasteiger partial charge in [0.2, 0.25) is 0 Å². The van der Waals surface area contributed by atoms with Crippen molar-refractivity contribution in [3.8, 4) is 23.0 Å². The minimum Gasteiger partial charge on any atom is -0.421 e. The summed E-state index contributed by atoms with van der Waals surface area (Å²) in [6.07, 6.45) is 1.58. The SMILES string of the molecule is CN1CCN(c2ccc(-c3n[nH]c4nc(Oc5ccc(F)cc5F)ncc34)cc2)CC1. The lowest BCUT2D eigenvalue weighted by molar-refractivity contribution is 0.313. The number of piperazine rings is 1. The number of anilines is 1. The number of ether oxygens (including phenoxy) is 1. The lowest BCUT2D eigenvalue weighted by Crippen LogP contribution is -2.44. The summed E-state index contributed by atoms with van der Waals surface area (Å²) in [6.45, 7) is 4.11. The number of aromatic nitrogens is 4. The summed E-state index contributed by atoms with van der Waals surface area (Å²) in [5.74, 6) is -1.66. The lowest BCUT2D eigenvalue weighted by Gasteiger charge is -2.34. The first kappa shape index (κ1) is 19.4. The van der Waals surface area contributed by atoms with E-state index in [-0.39, 0.29) is 11.8 Å². The Kier molecular flexibility index (Phi) is 4.95. The molecule has 7 nitrogen and oxygen atoms in total. The highest BCUT2D eigenvalue weighted by Crippen LogP contribution is 2.29. The molecule has 0 amide bonds. The average Bonchev–Trinajstić information content (AvgIpc) is 3.20. The van der Waals surface area contributed by atoms with Crippen LogP contribution in [0.4, 0.5) is 14.5 Å². The van der Waals surface area contributed by atoms with E-state index < -0.39 is 11.6 Å². The molecule has 3 heterocycles. The van der Waals surface area contributed by atoms with Gasteiger partial charge in [0.1, 0.15) is 11.5 Å². The zero-order chi connectivity index (χ0) is 21.4. The van der Waals surface area contributed by atoms with Gasteiger partial charge in [-0.3, -0.25) is 5.10 Å². The van der Waals surface area contributed by atoms with E-state index in [0.717, 1.165) is 55.0 Å². The van der Waals surface area contributed by atoms with E-state index in [1.54, 1.807) is 6.20 Å². The van der Waals surface area contributed by atoms with Crippen LogP contribution in [0.1, 0.15) is 0 Å². The molecule has 0 saturated carbocycles. The van der Waals surface area contributed by atoms with Crippen LogP contribution in [0.3, 0.4) is 0 Å². The molecule has 0 unspecified atom stereocenters. The Labute approximate surface area is 177 Å². The van der Waals surface area contributed by atoms with Gasteiger partial charge in [-0.15, -0.1) is 0 Å². The number of H-pyrrole nitrogens is 1. The largest absolute Gasteiger partial charge is 0.421 e. The molecule has 1 fully saturated rings. The summed E-state index contributed by atoms with van der Waals surface area (Å²) < 4.78 is 32.2. The molecule has 1 aliphatic heterocycles. The molecule has 1 saturated heterocycles. The molecule has 9 heteroatoms. The zero-order valence-electron chi connectivity index (χ0n) is 16.8. The van der Waals surface area contributed by atoms with Crippen molar-refractivity contribution in [2.45, 2.75) is 0 Å². The van der Waals surface area contributed by atoms with Crippen molar-refractivity contribution in [3.05, 3.63) is 60.3 Å². The zero-order valence-corrected chi connectivity index (χ0v) is 16.8. The van der Waals surface area contributed by atoms with E-state index in [4.69, 9.17) is 4.74 Å². The van der Waals surface area contributed by atoms with Crippen LogP contribution in [0.25, 0.3) is 22.3 Å². The Morgan fingerprint density at radius 1 is 1.00 bits per heavy atom. The van der Waals surface area contributed by atoms with Crippen LogP contribution >= 0.6 is 0 Å². The van der Waals surface area contributed by atoms with E-state index >= 15 is 0 Å². The van der Waals surface area contributed by atoms with Gasteiger partial charge in [0.15, 0.2) is 17.2 Å². The highest BCUT2D eigenvalue weighted by molar-refractivity contribution is 5.90. The second-order valence-corrected chi connectivity index (χ2v) is 7.50. The molecule has 5 rings (SSSR count). The van der Waals surface area contributed by atoms with E-state index in [9.17, 15) is 8.78 Å². The molecule has 4 aromatic rings. The number of fused-ring (bicyclic) bond motifs is 1. The fraction of sp³-hybridized carbons (Fsp3) is 0.227. The molecule has 31 heavy (non-hydrogen) atoms. The molecule has 0 atom stereocenters. The maximum Gasteiger partial charge on any atom is 0.324 e.